The van der Waals surface area contributed by atoms with Gasteiger partial charge >= 0.3 is 0 Å². The number of fused-ring (bicyclic) bond motifs is 1. The molecule has 1 aliphatic heterocycles. The third kappa shape index (κ3) is 4.47. The highest BCUT2D eigenvalue weighted by Gasteiger charge is 2.27. The topological polar surface area (TPSA) is 83.4 Å². The molecule has 1 saturated heterocycles. The first kappa shape index (κ1) is 21.5. The molecule has 4 rings (SSSR count). The number of pyridine rings is 1. The first-order valence-electron chi connectivity index (χ1n) is 10.6. The molecule has 4 heterocycles. The Kier molecular flexibility index (Phi) is 6.33. The summed E-state index contributed by atoms with van der Waals surface area (Å²) in [6.45, 7) is 7.59. The maximum atomic E-state index is 13.5. The van der Waals surface area contributed by atoms with E-state index in [1.54, 1.807) is 16.0 Å². The SMILES string of the molecule is CCCNC(=O)CN1CCN(C(=O)c2cc(-c3cccs3)nc3c2c(C)nn3C)CC1. The molecule has 0 aliphatic carbocycles. The van der Waals surface area contributed by atoms with Gasteiger partial charge in [0.05, 0.1) is 33.8 Å². The van der Waals surface area contributed by atoms with Gasteiger partial charge in [-0.3, -0.25) is 19.2 Å². The summed E-state index contributed by atoms with van der Waals surface area (Å²) in [6, 6.07) is 5.90. The number of nitrogens with one attached hydrogen (secondary N) is 1. The molecule has 1 aliphatic rings. The predicted molar refractivity (Wildman–Crippen MR) is 122 cm³/mol. The number of rotatable bonds is 6. The quantitative estimate of drug-likeness (QED) is 0.636. The van der Waals surface area contributed by atoms with Crippen molar-refractivity contribution in [1.82, 2.24) is 29.9 Å². The third-order valence-corrected chi connectivity index (χ3v) is 6.46. The fraction of sp³-hybridized carbons (Fsp3) is 0.455. The van der Waals surface area contributed by atoms with Crippen LogP contribution in [-0.2, 0) is 11.8 Å². The maximum absolute atomic E-state index is 13.5. The number of hydrogen-bond donors (Lipinski definition) is 1. The zero-order chi connectivity index (χ0) is 22.0. The van der Waals surface area contributed by atoms with E-state index in [2.05, 4.69) is 15.3 Å². The van der Waals surface area contributed by atoms with Crippen molar-refractivity contribution in [2.45, 2.75) is 20.3 Å². The molecule has 0 saturated carbocycles. The highest BCUT2D eigenvalue weighted by Crippen LogP contribution is 2.30. The second-order valence-electron chi connectivity index (χ2n) is 7.86. The van der Waals surface area contributed by atoms with E-state index in [-0.39, 0.29) is 11.8 Å². The first-order valence-corrected chi connectivity index (χ1v) is 11.5. The van der Waals surface area contributed by atoms with Gasteiger partial charge in [-0.2, -0.15) is 5.10 Å². The molecular formula is C22H28N6O2S. The Morgan fingerprint density at radius 3 is 2.68 bits per heavy atom. The van der Waals surface area contributed by atoms with Crippen LogP contribution in [-0.4, -0.2) is 75.6 Å². The molecule has 2 amide bonds. The average Bonchev–Trinajstić information content (AvgIpc) is 3.40. The van der Waals surface area contributed by atoms with Gasteiger partial charge < -0.3 is 10.2 Å². The van der Waals surface area contributed by atoms with E-state index < -0.39 is 0 Å². The van der Waals surface area contributed by atoms with Gasteiger partial charge in [-0.05, 0) is 30.9 Å². The monoisotopic (exact) mass is 440 g/mol. The number of aromatic nitrogens is 3. The van der Waals surface area contributed by atoms with Crippen LogP contribution < -0.4 is 5.32 Å². The fourth-order valence-electron chi connectivity index (χ4n) is 3.97. The largest absolute Gasteiger partial charge is 0.355 e. The van der Waals surface area contributed by atoms with Crippen molar-refractivity contribution in [3.05, 3.63) is 34.8 Å². The van der Waals surface area contributed by atoms with E-state index in [4.69, 9.17) is 4.98 Å². The molecule has 0 atom stereocenters. The lowest BCUT2D eigenvalue weighted by atomic mass is 10.1. The summed E-state index contributed by atoms with van der Waals surface area (Å²) in [5.41, 5.74) is 2.96. The van der Waals surface area contributed by atoms with E-state index in [9.17, 15) is 9.59 Å². The minimum Gasteiger partial charge on any atom is -0.355 e. The standard InChI is InChI=1S/C22H28N6O2S/c1-4-7-23-19(29)14-27-8-10-28(11-9-27)22(30)16-13-17(18-6-5-12-31-18)24-21-20(16)15(2)25-26(21)3/h5-6,12-13H,4,7-11,14H2,1-3H3,(H,23,29). The molecule has 0 aromatic carbocycles. The summed E-state index contributed by atoms with van der Waals surface area (Å²) in [6.07, 6.45) is 0.926. The zero-order valence-electron chi connectivity index (χ0n) is 18.2. The Morgan fingerprint density at radius 2 is 2.00 bits per heavy atom. The van der Waals surface area contributed by atoms with Crippen LogP contribution in [0.25, 0.3) is 21.6 Å². The summed E-state index contributed by atoms with van der Waals surface area (Å²) >= 11 is 1.60. The van der Waals surface area contributed by atoms with Crippen molar-refractivity contribution in [2.75, 3.05) is 39.3 Å². The summed E-state index contributed by atoms with van der Waals surface area (Å²) in [5.74, 6) is 0.0421. The molecule has 164 valence electrons. The lowest BCUT2D eigenvalue weighted by molar-refractivity contribution is -0.122. The van der Waals surface area contributed by atoms with E-state index in [0.717, 1.165) is 33.7 Å². The predicted octanol–water partition coefficient (Wildman–Crippen LogP) is 2.29. The third-order valence-electron chi connectivity index (χ3n) is 5.57. The van der Waals surface area contributed by atoms with Crippen molar-refractivity contribution in [1.29, 1.82) is 0 Å². The van der Waals surface area contributed by atoms with Crippen molar-refractivity contribution in [3.8, 4) is 10.6 Å². The van der Waals surface area contributed by atoms with Gasteiger partial charge in [0.2, 0.25) is 5.91 Å². The average molecular weight is 441 g/mol. The van der Waals surface area contributed by atoms with Gasteiger partial charge in [-0.25, -0.2) is 4.98 Å². The summed E-state index contributed by atoms with van der Waals surface area (Å²) < 4.78 is 1.74. The normalized spacial score (nSPS) is 14.9. The van der Waals surface area contributed by atoms with E-state index in [1.807, 2.05) is 49.4 Å². The van der Waals surface area contributed by atoms with Crippen LogP contribution in [0.3, 0.4) is 0 Å². The second kappa shape index (κ2) is 9.15. The molecule has 3 aromatic rings. The Balaban J connectivity index is 1.55. The molecule has 1 fully saturated rings. The Bertz CT molecular complexity index is 1080. The number of aryl methyl sites for hydroxylation is 2. The number of thiophene rings is 1. The van der Waals surface area contributed by atoms with Gasteiger partial charge in [-0.1, -0.05) is 13.0 Å². The van der Waals surface area contributed by atoms with Crippen LogP contribution in [0.4, 0.5) is 0 Å². The number of nitrogens with zero attached hydrogens (tertiary/aromatic N) is 5. The zero-order valence-corrected chi connectivity index (χ0v) is 19.0. The number of carbonyl (C=O) groups is 2. The Morgan fingerprint density at radius 1 is 1.23 bits per heavy atom. The van der Waals surface area contributed by atoms with Crippen molar-refractivity contribution in [2.24, 2.45) is 7.05 Å². The van der Waals surface area contributed by atoms with Crippen molar-refractivity contribution in [3.63, 3.8) is 0 Å². The molecule has 0 radical (unpaired) electrons. The molecule has 31 heavy (non-hydrogen) atoms. The lowest BCUT2D eigenvalue weighted by Gasteiger charge is -2.34. The van der Waals surface area contributed by atoms with Gasteiger partial charge in [0.15, 0.2) is 5.65 Å². The van der Waals surface area contributed by atoms with Gasteiger partial charge in [-0.15, -0.1) is 11.3 Å². The molecule has 0 bridgehead atoms. The van der Waals surface area contributed by atoms with E-state index in [1.165, 1.54) is 0 Å². The Labute approximate surface area is 185 Å². The van der Waals surface area contributed by atoms with E-state index in [0.29, 0.717) is 44.8 Å². The summed E-state index contributed by atoms with van der Waals surface area (Å²) in [5, 5.41) is 10.2. The Hall–Kier alpha value is -2.78. The first-order chi connectivity index (χ1) is 15.0. The number of amides is 2. The highest BCUT2D eigenvalue weighted by atomic mass is 32.1. The minimum atomic E-state index is -0.00334. The van der Waals surface area contributed by atoms with Crippen LogP contribution in [0, 0.1) is 6.92 Å². The van der Waals surface area contributed by atoms with Gasteiger partial charge in [0.1, 0.15) is 0 Å². The summed E-state index contributed by atoms with van der Waals surface area (Å²) in [4.78, 5) is 35.3. The van der Waals surface area contributed by atoms with Gasteiger partial charge in [0.25, 0.3) is 5.91 Å². The van der Waals surface area contributed by atoms with Crippen molar-refractivity contribution >= 4 is 34.2 Å². The molecule has 1 N–H and O–H groups in total. The van der Waals surface area contributed by atoms with E-state index >= 15 is 0 Å². The maximum Gasteiger partial charge on any atom is 0.254 e. The highest BCUT2D eigenvalue weighted by molar-refractivity contribution is 7.13. The van der Waals surface area contributed by atoms with Crippen LogP contribution in [0.15, 0.2) is 23.6 Å². The molecule has 0 unspecified atom stereocenters. The second-order valence-corrected chi connectivity index (χ2v) is 8.81. The molecule has 8 nitrogen and oxygen atoms in total. The van der Waals surface area contributed by atoms with Crippen LogP contribution in [0.5, 0.6) is 0 Å². The lowest BCUT2D eigenvalue weighted by Crippen LogP contribution is -2.51. The molecule has 0 spiro atoms. The molecular weight excluding hydrogens is 412 g/mol. The minimum absolute atomic E-state index is 0.00334. The van der Waals surface area contributed by atoms with Gasteiger partial charge in [0, 0.05) is 39.8 Å². The number of carbonyl (C=O) groups excluding carboxylic acids is 2. The number of hydrogen-bond acceptors (Lipinski definition) is 6. The van der Waals surface area contributed by atoms with Crippen LogP contribution in [0.2, 0.25) is 0 Å². The van der Waals surface area contributed by atoms with Crippen LogP contribution >= 0.6 is 11.3 Å². The van der Waals surface area contributed by atoms with Crippen molar-refractivity contribution < 1.29 is 9.59 Å². The fourth-order valence-corrected chi connectivity index (χ4v) is 4.65. The number of piperazine rings is 1. The molecule has 3 aromatic heterocycles. The smallest absolute Gasteiger partial charge is 0.254 e. The summed E-state index contributed by atoms with van der Waals surface area (Å²) in [7, 11) is 1.86. The molecule has 9 heteroatoms. The van der Waals surface area contributed by atoms with Crippen LogP contribution in [0.1, 0.15) is 29.4 Å².